The van der Waals surface area contributed by atoms with E-state index >= 15 is 0 Å². The predicted octanol–water partition coefficient (Wildman–Crippen LogP) is 5.17. The fourth-order valence-electron chi connectivity index (χ4n) is 3.02. The molecule has 5 heteroatoms. The molecule has 2 aromatic carbocycles. The Morgan fingerprint density at radius 1 is 1.00 bits per heavy atom. The number of methoxy groups -OCH3 is 3. The van der Waals surface area contributed by atoms with Crippen LogP contribution in [0.1, 0.15) is 25.0 Å². The third-order valence-electron chi connectivity index (χ3n) is 4.67. The lowest BCUT2D eigenvalue weighted by Gasteiger charge is -2.27. The Bertz CT molecular complexity index is 797. The second-order valence-corrected chi connectivity index (χ2v) is 7.95. The maximum Gasteiger partial charge on any atom is 0.160 e. The van der Waals surface area contributed by atoms with Crippen molar-refractivity contribution >= 4 is 23.5 Å². The van der Waals surface area contributed by atoms with Gasteiger partial charge in [0.05, 0.1) is 21.3 Å². The zero-order valence-electron chi connectivity index (χ0n) is 17.0. The van der Waals surface area contributed by atoms with Gasteiger partial charge in [0.2, 0.25) is 0 Å². The molecule has 0 heterocycles. The van der Waals surface area contributed by atoms with Crippen LogP contribution in [-0.2, 0) is 11.2 Å². The van der Waals surface area contributed by atoms with Gasteiger partial charge in [0.1, 0.15) is 17.2 Å². The summed E-state index contributed by atoms with van der Waals surface area (Å²) < 4.78 is 16.1. The van der Waals surface area contributed by atoms with Crippen LogP contribution in [0.4, 0.5) is 0 Å². The molecule has 1 atom stereocenters. The fraction of sp³-hybridized carbons (Fsp3) is 0.348. The first-order chi connectivity index (χ1) is 13.3. The number of hydrogen-bond acceptors (Lipinski definition) is 4. The van der Waals surface area contributed by atoms with Crippen molar-refractivity contribution in [2.75, 3.05) is 21.3 Å². The van der Waals surface area contributed by atoms with E-state index in [0.29, 0.717) is 17.9 Å². The Morgan fingerprint density at radius 2 is 1.57 bits per heavy atom. The molecule has 0 aliphatic rings. The molecule has 1 unspecified atom stereocenters. The molecule has 2 rings (SSSR count). The standard InChI is InChI=1S/C23H27ClO4/c1-23(2,24)19(15-18-21(27-4)7-6-8-22(18)28-5)20(25)14-11-16-9-12-17(26-3)13-10-16/h6-14,19H,15H2,1-5H3/b14-11+. The number of hydrogen-bond donors (Lipinski definition) is 0. The topological polar surface area (TPSA) is 44.8 Å². The van der Waals surface area contributed by atoms with Gasteiger partial charge in [-0.05, 0) is 56.2 Å². The van der Waals surface area contributed by atoms with E-state index in [-0.39, 0.29) is 5.78 Å². The van der Waals surface area contributed by atoms with Crippen LogP contribution in [0, 0.1) is 5.92 Å². The number of ether oxygens (including phenoxy) is 3. The molecule has 150 valence electrons. The van der Waals surface area contributed by atoms with Crippen molar-refractivity contribution < 1.29 is 19.0 Å². The summed E-state index contributed by atoms with van der Waals surface area (Å²) in [5, 5.41) is 0. The van der Waals surface area contributed by atoms with Crippen LogP contribution in [0.15, 0.2) is 48.5 Å². The molecule has 0 saturated carbocycles. The van der Waals surface area contributed by atoms with E-state index in [0.717, 1.165) is 16.9 Å². The van der Waals surface area contributed by atoms with Crippen molar-refractivity contribution in [3.8, 4) is 17.2 Å². The summed E-state index contributed by atoms with van der Waals surface area (Å²) in [6, 6.07) is 13.1. The van der Waals surface area contributed by atoms with Crippen molar-refractivity contribution in [1.82, 2.24) is 0 Å². The summed E-state index contributed by atoms with van der Waals surface area (Å²) in [7, 11) is 4.82. The number of rotatable bonds is 9. The van der Waals surface area contributed by atoms with E-state index < -0.39 is 10.8 Å². The lowest BCUT2D eigenvalue weighted by Crippen LogP contribution is -2.33. The van der Waals surface area contributed by atoms with E-state index in [9.17, 15) is 4.79 Å². The average Bonchev–Trinajstić information content (AvgIpc) is 2.69. The molecule has 0 amide bonds. The third kappa shape index (κ3) is 5.52. The highest BCUT2D eigenvalue weighted by Gasteiger charge is 2.33. The molecule has 4 nitrogen and oxygen atoms in total. The number of alkyl halides is 1. The van der Waals surface area contributed by atoms with Crippen molar-refractivity contribution in [2.45, 2.75) is 25.1 Å². The molecule has 0 saturated heterocycles. The highest BCUT2D eigenvalue weighted by atomic mass is 35.5. The van der Waals surface area contributed by atoms with Gasteiger partial charge in [-0.3, -0.25) is 4.79 Å². The average molecular weight is 403 g/mol. The molecule has 0 aromatic heterocycles. The van der Waals surface area contributed by atoms with E-state index in [1.807, 2.05) is 56.3 Å². The second kappa shape index (κ2) is 9.65. The number of carbonyl (C=O) groups excluding carboxylic acids is 1. The van der Waals surface area contributed by atoms with Crippen LogP contribution in [-0.4, -0.2) is 32.0 Å². The second-order valence-electron chi connectivity index (χ2n) is 6.97. The molecule has 0 aliphatic carbocycles. The number of halogens is 1. The van der Waals surface area contributed by atoms with Crippen molar-refractivity contribution in [1.29, 1.82) is 0 Å². The Hall–Kier alpha value is -2.46. The lowest BCUT2D eigenvalue weighted by atomic mass is 9.84. The zero-order valence-corrected chi connectivity index (χ0v) is 17.7. The monoisotopic (exact) mass is 402 g/mol. The number of ketones is 1. The Morgan fingerprint density at radius 3 is 2.04 bits per heavy atom. The van der Waals surface area contributed by atoms with Crippen LogP contribution in [0.25, 0.3) is 6.08 Å². The van der Waals surface area contributed by atoms with Crippen LogP contribution >= 0.6 is 11.6 Å². The van der Waals surface area contributed by atoms with Crippen LogP contribution in [0.3, 0.4) is 0 Å². The molecular formula is C23H27ClO4. The van der Waals surface area contributed by atoms with E-state index in [2.05, 4.69) is 0 Å². The molecule has 28 heavy (non-hydrogen) atoms. The van der Waals surface area contributed by atoms with Gasteiger partial charge >= 0.3 is 0 Å². The van der Waals surface area contributed by atoms with Gasteiger partial charge in [-0.15, -0.1) is 11.6 Å². The third-order valence-corrected chi connectivity index (χ3v) is 4.93. The minimum absolute atomic E-state index is 0.0521. The van der Waals surface area contributed by atoms with Gasteiger partial charge in [-0.25, -0.2) is 0 Å². The summed E-state index contributed by atoms with van der Waals surface area (Å²) in [6.07, 6.45) is 3.78. The molecule has 0 fully saturated rings. The fourth-order valence-corrected chi connectivity index (χ4v) is 3.21. The van der Waals surface area contributed by atoms with Gasteiger partial charge in [0.15, 0.2) is 5.78 Å². The Balaban J connectivity index is 2.29. The minimum Gasteiger partial charge on any atom is -0.497 e. The molecule has 0 spiro atoms. The summed E-state index contributed by atoms with van der Waals surface area (Å²) in [5.74, 6) is 1.62. The molecule has 0 aliphatic heterocycles. The largest absolute Gasteiger partial charge is 0.497 e. The first-order valence-electron chi connectivity index (χ1n) is 9.05. The summed E-state index contributed by atoms with van der Waals surface area (Å²) in [5.41, 5.74) is 1.74. The van der Waals surface area contributed by atoms with Gasteiger partial charge in [0.25, 0.3) is 0 Å². The van der Waals surface area contributed by atoms with Gasteiger partial charge in [-0.1, -0.05) is 24.3 Å². The van der Waals surface area contributed by atoms with E-state index in [4.69, 9.17) is 25.8 Å². The Labute approximate surface area is 172 Å². The summed E-state index contributed by atoms with van der Waals surface area (Å²) in [6.45, 7) is 3.69. The summed E-state index contributed by atoms with van der Waals surface area (Å²) >= 11 is 6.60. The normalized spacial score (nSPS) is 12.6. The molecule has 0 N–H and O–H groups in total. The molecule has 0 radical (unpaired) electrons. The van der Waals surface area contributed by atoms with Crippen LogP contribution < -0.4 is 14.2 Å². The summed E-state index contributed by atoms with van der Waals surface area (Å²) in [4.78, 5) is 12.3. The maximum absolute atomic E-state index is 13.0. The molecular weight excluding hydrogens is 376 g/mol. The van der Waals surface area contributed by atoms with Gasteiger partial charge in [0, 0.05) is 16.4 Å². The SMILES string of the molecule is COc1ccc(/C=C/C(=O)C(Cc2c(OC)cccc2OC)C(C)(C)Cl)cc1. The molecule has 0 bridgehead atoms. The smallest absolute Gasteiger partial charge is 0.160 e. The van der Waals surface area contributed by atoms with Crippen molar-refractivity contribution in [3.05, 3.63) is 59.7 Å². The van der Waals surface area contributed by atoms with Gasteiger partial charge < -0.3 is 14.2 Å². The molecule has 2 aromatic rings. The minimum atomic E-state index is -0.743. The van der Waals surface area contributed by atoms with Gasteiger partial charge in [-0.2, -0.15) is 0 Å². The number of carbonyl (C=O) groups is 1. The van der Waals surface area contributed by atoms with Crippen molar-refractivity contribution in [3.63, 3.8) is 0 Å². The zero-order chi connectivity index (χ0) is 20.7. The highest BCUT2D eigenvalue weighted by molar-refractivity contribution is 6.25. The first kappa shape index (κ1) is 21.8. The Kier molecular flexibility index (Phi) is 7.53. The van der Waals surface area contributed by atoms with Crippen LogP contribution in [0.5, 0.6) is 17.2 Å². The van der Waals surface area contributed by atoms with E-state index in [1.54, 1.807) is 33.5 Å². The highest BCUT2D eigenvalue weighted by Crippen LogP contribution is 2.36. The van der Waals surface area contributed by atoms with Crippen LogP contribution in [0.2, 0.25) is 0 Å². The number of benzene rings is 2. The lowest BCUT2D eigenvalue weighted by molar-refractivity contribution is -0.118. The quantitative estimate of drug-likeness (QED) is 0.428. The number of allylic oxidation sites excluding steroid dienone is 1. The van der Waals surface area contributed by atoms with Crippen molar-refractivity contribution in [2.24, 2.45) is 5.92 Å². The maximum atomic E-state index is 13.0. The van der Waals surface area contributed by atoms with E-state index in [1.165, 1.54) is 0 Å². The predicted molar refractivity (Wildman–Crippen MR) is 114 cm³/mol. The first-order valence-corrected chi connectivity index (χ1v) is 9.42.